The molecule has 3 N–H and O–H groups in total. The van der Waals surface area contributed by atoms with E-state index in [9.17, 15) is 9.90 Å². The van der Waals surface area contributed by atoms with Gasteiger partial charge in [0.05, 0.1) is 12.7 Å². The molecule has 4 rings (SSSR count). The lowest BCUT2D eigenvalue weighted by atomic mass is 9.89. The van der Waals surface area contributed by atoms with Gasteiger partial charge in [-0.05, 0) is 61.7 Å². The van der Waals surface area contributed by atoms with Crippen molar-refractivity contribution in [2.24, 2.45) is 5.73 Å². The molecule has 7 nitrogen and oxygen atoms in total. The van der Waals surface area contributed by atoms with Crippen LogP contribution in [0.25, 0.3) is 0 Å². The molecule has 1 amide bonds. The van der Waals surface area contributed by atoms with E-state index in [-0.39, 0.29) is 5.91 Å². The molecule has 0 unspecified atom stereocenters. The Bertz CT molecular complexity index is 925. The summed E-state index contributed by atoms with van der Waals surface area (Å²) in [6, 6.07) is 15.9. The van der Waals surface area contributed by atoms with Crippen LogP contribution in [0.4, 0.5) is 11.4 Å². The lowest BCUT2D eigenvalue weighted by Gasteiger charge is -2.46. The largest absolute Gasteiger partial charge is 0.497 e. The van der Waals surface area contributed by atoms with Crippen molar-refractivity contribution in [3.05, 3.63) is 54.1 Å². The van der Waals surface area contributed by atoms with Gasteiger partial charge >= 0.3 is 0 Å². The van der Waals surface area contributed by atoms with Gasteiger partial charge in [-0.3, -0.25) is 9.69 Å². The molecule has 32 heavy (non-hydrogen) atoms. The number of nitrogens with zero attached hydrogens (tertiary/aromatic N) is 3. The highest BCUT2D eigenvalue weighted by Gasteiger charge is 2.39. The number of methoxy groups -OCH3 is 1. The van der Waals surface area contributed by atoms with E-state index in [1.807, 2.05) is 24.3 Å². The number of primary amides is 1. The number of piperidine rings is 1. The van der Waals surface area contributed by atoms with Crippen LogP contribution >= 0.6 is 0 Å². The molecule has 0 radical (unpaired) electrons. The average Bonchev–Trinajstić information content (AvgIpc) is 2.79. The number of rotatable bonds is 6. The third-order valence-corrected chi connectivity index (χ3v) is 6.82. The molecule has 7 heteroatoms. The number of benzene rings is 2. The van der Waals surface area contributed by atoms with E-state index in [1.54, 1.807) is 7.11 Å². The number of amides is 1. The quantitative estimate of drug-likeness (QED) is 0.718. The van der Waals surface area contributed by atoms with Crippen LogP contribution in [0.15, 0.2) is 48.5 Å². The molecule has 2 saturated heterocycles. The minimum Gasteiger partial charge on any atom is -0.497 e. The lowest BCUT2D eigenvalue weighted by Crippen LogP contribution is -2.62. The summed E-state index contributed by atoms with van der Waals surface area (Å²) >= 11 is 0. The molecule has 2 heterocycles. The maximum atomic E-state index is 12.3. The van der Waals surface area contributed by atoms with Crippen molar-refractivity contribution in [2.75, 3.05) is 56.2 Å². The van der Waals surface area contributed by atoms with Crippen molar-refractivity contribution < 1.29 is 14.6 Å². The van der Waals surface area contributed by atoms with E-state index in [2.05, 4.69) is 45.9 Å². The van der Waals surface area contributed by atoms with Crippen molar-refractivity contribution in [3.63, 3.8) is 0 Å². The number of carbonyl (C=O) groups is 1. The Morgan fingerprint density at radius 3 is 2.41 bits per heavy atom. The summed E-state index contributed by atoms with van der Waals surface area (Å²) in [7, 11) is 1.65. The van der Waals surface area contributed by atoms with Crippen LogP contribution in [0.1, 0.15) is 18.4 Å². The van der Waals surface area contributed by atoms with Crippen molar-refractivity contribution in [1.82, 2.24) is 4.90 Å². The van der Waals surface area contributed by atoms with Gasteiger partial charge in [-0.1, -0.05) is 12.1 Å². The molecule has 172 valence electrons. The standard InChI is InChI=1S/C25H34N4O3/c1-19-4-3-5-21(16-19)27-12-10-25(31,11-13-27)18-29-15-14-28(17-23(29)24(26)30)20-6-8-22(32-2)9-7-20/h3-9,16,23,31H,10-15,17-18H2,1-2H3,(H2,26,30)/t23-/m1/s1. The maximum absolute atomic E-state index is 12.3. The number of piperazine rings is 1. The number of hydrogen-bond acceptors (Lipinski definition) is 6. The van der Waals surface area contributed by atoms with E-state index >= 15 is 0 Å². The Labute approximate surface area is 190 Å². The predicted molar refractivity (Wildman–Crippen MR) is 127 cm³/mol. The van der Waals surface area contributed by atoms with Gasteiger partial charge in [0, 0.05) is 50.6 Å². The molecule has 0 spiro atoms. The predicted octanol–water partition coefficient (Wildman–Crippen LogP) is 2.01. The maximum Gasteiger partial charge on any atom is 0.236 e. The molecular weight excluding hydrogens is 404 g/mol. The van der Waals surface area contributed by atoms with Gasteiger partial charge in [0.2, 0.25) is 5.91 Å². The molecule has 2 aromatic rings. The Balaban J connectivity index is 1.38. The Morgan fingerprint density at radius 2 is 1.78 bits per heavy atom. The van der Waals surface area contributed by atoms with Crippen LogP contribution < -0.4 is 20.3 Å². The average molecular weight is 439 g/mol. The lowest BCUT2D eigenvalue weighted by molar-refractivity contribution is -0.125. The monoisotopic (exact) mass is 438 g/mol. The molecule has 1 atom stereocenters. The molecule has 2 fully saturated rings. The van der Waals surface area contributed by atoms with Crippen LogP contribution in [-0.2, 0) is 4.79 Å². The van der Waals surface area contributed by atoms with Crippen molar-refractivity contribution in [1.29, 1.82) is 0 Å². The normalized spacial score (nSPS) is 21.4. The smallest absolute Gasteiger partial charge is 0.236 e. The van der Waals surface area contributed by atoms with Gasteiger partial charge < -0.3 is 25.4 Å². The summed E-state index contributed by atoms with van der Waals surface area (Å²) in [5, 5.41) is 11.3. The van der Waals surface area contributed by atoms with Gasteiger partial charge in [-0.15, -0.1) is 0 Å². The third-order valence-electron chi connectivity index (χ3n) is 6.82. The van der Waals surface area contributed by atoms with Gasteiger partial charge in [0.15, 0.2) is 0 Å². The van der Waals surface area contributed by atoms with E-state index in [0.29, 0.717) is 32.5 Å². The minimum atomic E-state index is -0.809. The number of anilines is 2. The number of ether oxygens (including phenoxy) is 1. The molecule has 0 saturated carbocycles. The molecule has 2 aliphatic rings. The first-order valence-corrected chi connectivity index (χ1v) is 11.3. The highest BCUT2D eigenvalue weighted by molar-refractivity contribution is 5.81. The molecule has 0 aromatic heterocycles. The second-order valence-corrected chi connectivity index (χ2v) is 9.08. The minimum absolute atomic E-state index is 0.344. The molecule has 2 aliphatic heterocycles. The van der Waals surface area contributed by atoms with E-state index in [0.717, 1.165) is 31.1 Å². The number of aliphatic hydroxyl groups is 1. The van der Waals surface area contributed by atoms with Gasteiger partial charge in [0.25, 0.3) is 0 Å². The number of β-amino-alcohol motifs (C(OH)–C–C–N with tert-alkyl or cyclic N) is 1. The summed E-state index contributed by atoms with van der Waals surface area (Å²) in [4.78, 5) is 18.9. The van der Waals surface area contributed by atoms with Crippen molar-refractivity contribution in [3.8, 4) is 5.75 Å². The molecule has 0 bridgehead atoms. The van der Waals surface area contributed by atoms with Crippen LogP contribution in [-0.4, -0.2) is 73.9 Å². The Morgan fingerprint density at radius 1 is 1.06 bits per heavy atom. The zero-order valence-electron chi connectivity index (χ0n) is 19.0. The Hall–Kier alpha value is -2.77. The molecule has 0 aliphatic carbocycles. The van der Waals surface area contributed by atoms with E-state index < -0.39 is 11.6 Å². The second-order valence-electron chi connectivity index (χ2n) is 9.08. The summed E-state index contributed by atoms with van der Waals surface area (Å²) in [5.41, 5.74) is 8.46. The van der Waals surface area contributed by atoms with Crippen LogP contribution in [0.5, 0.6) is 5.75 Å². The first kappa shape index (κ1) is 22.4. The zero-order chi connectivity index (χ0) is 22.7. The fraction of sp³-hybridized carbons (Fsp3) is 0.480. The molecule has 2 aromatic carbocycles. The first-order chi connectivity index (χ1) is 15.4. The van der Waals surface area contributed by atoms with Crippen LogP contribution in [0.3, 0.4) is 0 Å². The van der Waals surface area contributed by atoms with Crippen molar-refractivity contribution in [2.45, 2.75) is 31.4 Å². The molecular formula is C25H34N4O3. The van der Waals surface area contributed by atoms with Crippen LogP contribution in [0.2, 0.25) is 0 Å². The highest BCUT2D eigenvalue weighted by Crippen LogP contribution is 2.29. The number of nitrogens with two attached hydrogens (primary N) is 1. The summed E-state index contributed by atoms with van der Waals surface area (Å²) < 4.78 is 5.24. The number of aryl methyl sites for hydroxylation is 1. The third kappa shape index (κ3) is 5.00. The van der Waals surface area contributed by atoms with Crippen LogP contribution in [0, 0.1) is 6.92 Å². The second kappa shape index (κ2) is 9.38. The number of hydrogen-bond donors (Lipinski definition) is 2. The van der Waals surface area contributed by atoms with Gasteiger partial charge in [0.1, 0.15) is 11.8 Å². The topological polar surface area (TPSA) is 82.3 Å². The number of carbonyl (C=O) groups excluding carboxylic acids is 1. The zero-order valence-corrected chi connectivity index (χ0v) is 19.0. The first-order valence-electron chi connectivity index (χ1n) is 11.3. The fourth-order valence-electron chi connectivity index (χ4n) is 4.85. The summed E-state index contributed by atoms with van der Waals surface area (Å²) in [5.74, 6) is 0.460. The SMILES string of the molecule is COc1ccc(N2CCN(CC3(O)CCN(c4cccc(C)c4)CC3)[C@@H](C(N)=O)C2)cc1. The van der Waals surface area contributed by atoms with Gasteiger partial charge in [-0.25, -0.2) is 0 Å². The Kier molecular flexibility index (Phi) is 6.58. The summed E-state index contributed by atoms with van der Waals surface area (Å²) in [6.45, 7) is 6.15. The highest BCUT2D eigenvalue weighted by atomic mass is 16.5. The van der Waals surface area contributed by atoms with E-state index in [1.165, 1.54) is 11.3 Å². The van der Waals surface area contributed by atoms with Crippen molar-refractivity contribution >= 4 is 17.3 Å². The van der Waals surface area contributed by atoms with Gasteiger partial charge in [-0.2, -0.15) is 0 Å². The summed E-state index contributed by atoms with van der Waals surface area (Å²) in [6.07, 6.45) is 1.34. The van der Waals surface area contributed by atoms with E-state index in [4.69, 9.17) is 10.5 Å². The fourth-order valence-corrected chi connectivity index (χ4v) is 4.85.